The Morgan fingerprint density at radius 3 is 2.02 bits per heavy atom. The molecule has 0 saturated heterocycles. The van der Waals surface area contributed by atoms with Gasteiger partial charge < -0.3 is 19.1 Å². The molecule has 1 aliphatic heterocycles. The van der Waals surface area contributed by atoms with Crippen LogP contribution in [0.3, 0.4) is 0 Å². The first kappa shape index (κ1) is 28.3. The third kappa shape index (κ3) is 5.50. The van der Waals surface area contributed by atoms with E-state index in [9.17, 15) is 9.59 Å². The number of rotatable bonds is 8. The Bertz CT molecular complexity index is 1550. The molecule has 3 aromatic rings. The first-order valence-electron chi connectivity index (χ1n) is 14.5. The van der Waals surface area contributed by atoms with Gasteiger partial charge in [-0.2, -0.15) is 0 Å². The van der Waals surface area contributed by atoms with Crippen LogP contribution < -0.4 is 14.2 Å². The van der Waals surface area contributed by atoms with Crippen molar-refractivity contribution >= 4 is 27.5 Å². The average Bonchev–Trinajstić information content (AvgIpc) is 3.01. The van der Waals surface area contributed by atoms with E-state index >= 15 is 0 Å². The summed E-state index contributed by atoms with van der Waals surface area (Å²) in [4.78, 5) is 29.1. The first-order valence-corrected chi connectivity index (χ1v) is 15.3. The molecule has 0 amide bonds. The fourth-order valence-electron chi connectivity index (χ4n) is 6.36. The van der Waals surface area contributed by atoms with Crippen molar-refractivity contribution < 1.29 is 23.8 Å². The minimum Gasteiger partial charge on any atom is -0.493 e. The quantitative estimate of drug-likeness (QED) is 0.255. The molecule has 0 radical (unpaired) electrons. The number of nitrogens with zero attached hydrogens (tertiary/aromatic N) is 1. The maximum absolute atomic E-state index is 13.5. The molecule has 3 aliphatic rings. The van der Waals surface area contributed by atoms with Gasteiger partial charge in [-0.25, -0.2) is 0 Å². The van der Waals surface area contributed by atoms with Gasteiger partial charge in [0.2, 0.25) is 0 Å². The fourth-order valence-corrected chi connectivity index (χ4v) is 6.74. The Balaban J connectivity index is 1.31. The molecular formula is C35H34BrNO5. The van der Waals surface area contributed by atoms with Gasteiger partial charge >= 0.3 is 0 Å². The number of allylic oxidation sites excluding steroid dienone is 4. The number of ketones is 2. The summed E-state index contributed by atoms with van der Waals surface area (Å²) in [6.45, 7) is 0.731. The molecule has 0 bridgehead atoms. The molecule has 6 rings (SSSR count). The van der Waals surface area contributed by atoms with Crippen molar-refractivity contribution in [1.29, 1.82) is 0 Å². The molecule has 0 spiro atoms. The molecule has 216 valence electrons. The summed E-state index contributed by atoms with van der Waals surface area (Å²) in [7, 11) is 3.64. The predicted octanol–water partition coefficient (Wildman–Crippen LogP) is 7.66. The third-order valence-electron chi connectivity index (χ3n) is 8.39. The molecule has 0 saturated carbocycles. The van der Waals surface area contributed by atoms with Crippen molar-refractivity contribution in [3.63, 3.8) is 0 Å². The second kappa shape index (κ2) is 12.2. The lowest BCUT2D eigenvalue weighted by molar-refractivity contribution is -0.117. The van der Waals surface area contributed by atoms with Gasteiger partial charge in [0.05, 0.1) is 7.11 Å². The van der Waals surface area contributed by atoms with Crippen molar-refractivity contribution in [2.24, 2.45) is 0 Å². The SMILES string of the molecule is COc1cc(COc2ccc(Br)cc2C2C3=C(CCCC3=O)N(C)C3=C2C(=O)CCC3)ccc1OCc1ccccc1. The molecule has 3 aromatic carbocycles. The van der Waals surface area contributed by atoms with Crippen LogP contribution in [0.5, 0.6) is 17.2 Å². The Morgan fingerprint density at radius 1 is 0.738 bits per heavy atom. The highest BCUT2D eigenvalue weighted by Crippen LogP contribution is 2.50. The second-order valence-electron chi connectivity index (χ2n) is 11.0. The van der Waals surface area contributed by atoms with Crippen LogP contribution in [-0.2, 0) is 22.8 Å². The largest absolute Gasteiger partial charge is 0.493 e. The summed E-state index contributed by atoms with van der Waals surface area (Å²) in [6, 6.07) is 21.7. The Morgan fingerprint density at radius 2 is 1.36 bits per heavy atom. The molecule has 2 aliphatic carbocycles. The molecule has 6 nitrogen and oxygen atoms in total. The van der Waals surface area contributed by atoms with Gasteiger partial charge in [-0.3, -0.25) is 9.59 Å². The summed E-state index contributed by atoms with van der Waals surface area (Å²) in [6.07, 6.45) is 4.34. The normalized spacial score (nSPS) is 17.3. The minimum absolute atomic E-state index is 0.125. The zero-order chi connectivity index (χ0) is 29.2. The van der Waals surface area contributed by atoms with Crippen LogP contribution in [0.15, 0.2) is 93.7 Å². The van der Waals surface area contributed by atoms with E-state index in [1.165, 1.54) is 0 Å². The van der Waals surface area contributed by atoms with E-state index in [2.05, 4.69) is 20.8 Å². The molecule has 0 unspecified atom stereocenters. The van der Waals surface area contributed by atoms with E-state index in [0.29, 0.717) is 36.7 Å². The predicted molar refractivity (Wildman–Crippen MR) is 165 cm³/mol. The standard InChI is InChI=1S/C35H34BrNO5/c1-37-26-10-6-12-28(38)34(26)33(35-27(37)11-7-13-29(35)39)25-19-24(36)15-17-30(25)41-21-23-14-16-31(32(18-23)40-2)42-20-22-8-4-3-5-9-22/h3-5,8-9,14-19,33H,6-7,10-13,20-21H2,1-2H3. The second-order valence-corrected chi connectivity index (χ2v) is 11.9. The number of Topliss-reactive ketones (excluding diaryl/α,β-unsaturated/α-hetero) is 2. The van der Waals surface area contributed by atoms with Crippen molar-refractivity contribution in [3.05, 3.63) is 110 Å². The van der Waals surface area contributed by atoms with Gasteiger partial charge in [-0.1, -0.05) is 52.3 Å². The fraction of sp³-hybridized carbons (Fsp3) is 0.314. The lowest BCUT2D eigenvalue weighted by Crippen LogP contribution is -2.37. The number of ether oxygens (including phenoxy) is 3. The zero-order valence-corrected chi connectivity index (χ0v) is 25.5. The zero-order valence-electron chi connectivity index (χ0n) is 24.0. The highest BCUT2D eigenvalue weighted by molar-refractivity contribution is 9.10. The highest BCUT2D eigenvalue weighted by Gasteiger charge is 2.43. The van der Waals surface area contributed by atoms with Crippen LogP contribution in [0.25, 0.3) is 0 Å². The summed E-state index contributed by atoms with van der Waals surface area (Å²) in [5.41, 5.74) is 6.44. The number of methoxy groups -OCH3 is 1. The van der Waals surface area contributed by atoms with E-state index in [1.807, 2.05) is 73.8 Å². The maximum atomic E-state index is 13.5. The average molecular weight is 629 g/mol. The topological polar surface area (TPSA) is 65.1 Å². The highest BCUT2D eigenvalue weighted by atomic mass is 79.9. The third-order valence-corrected chi connectivity index (χ3v) is 8.88. The van der Waals surface area contributed by atoms with Crippen molar-refractivity contribution in [2.75, 3.05) is 14.2 Å². The van der Waals surface area contributed by atoms with Gasteiger partial charge in [0.1, 0.15) is 19.0 Å². The van der Waals surface area contributed by atoms with Crippen LogP contribution in [0, 0.1) is 0 Å². The number of benzene rings is 3. The molecule has 0 fully saturated rings. The number of hydrogen-bond acceptors (Lipinski definition) is 6. The monoisotopic (exact) mass is 627 g/mol. The minimum atomic E-state index is -0.428. The van der Waals surface area contributed by atoms with Crippen molar-refractivity contribution in [3.8, 4) is 17.2 Å². The summed E-state index contributed by atoms with van der Waals surface area (Å²) < 4.78 is 19.0. The van der Waals surface area contributed by atoms with Crippen LogP contribution in [0.4, 0.5) is 0 Å². The molecule has 0 aromatic heterocycles. The number of carbonyl (C=O) groups excluding carboxylic acids is 2. The molecule has 0 N–H and O–H groups in total. The molecular weight excluding hydrogens is 594 g/mol. The van der Waals surface area contributed by atoms with E-state index in [-0.39, 0.29) is 18.2 Å². The van der Waals surface area contributed by atoms with Gasteiger partial charge in [-0.05, 0) is 67.1 Å². The maximum Gasteiger partial charge on any atom is 0.161 e. The van der Waals surface area contributed by atoms with Crippen molar-refractivity contribution in [1.82, 2.24) is 4.90 Å². The lowest BCUT2D eigenvalue weighted by atomic mass is 9.71. The smallest absolute Gasteiger partial charge is 0.161 e. The van der Waals surface area contributed by atoms with E-state index < -0.39 is 5.92 Å². The van der Waals surface area contributed by atoms with E-state index in [4.69, 9.17) is 14.2 Å². The Hall–Kier alpha value is -3.84. The van der Waals surface area contributed by atoms with Gasteiger partial charge in [0, 0.05) is 58.4 Å². The van der Waals surface area contributed by atoms with Crippen LogP contribution in [-0.4, -0.2) is 30.6 Å². The van der Waals surface area contributed by atoms with Gasteiger partial charge in [0.15, 0.2) is 23.1 Å². The molecule has 1 heterocycles. The first-order chi connectivity index (χ1) is 20.4. The van der Waals surface area contributed by atoms with Gasteiger partial charge in [-0.15, -0.1) is 0 Å². The molecule has 0 atom stereocenters. The summed E-state index contributed by atoms with van der Waals surface area (Å²) in [5.74, 6) is 1.77. The Labute approximate surface area is 255 Å². The van der Waals surface area contributed by atoms with Gasteiger partial charge in [0.25, 0.3) is 0 Å². The van der Waals surface area contributed by atoms with Crippen LogP contribution in [0.1, 0.15) is 61.1 Å². The Kier molecular flexibility index (Phi) is 8.20. The van der Waals surface area contributed by atoms with Crippen LogP contribution >= 0.6 is 15.9 Å². The van der Waals surface area contributed by atoms with Crippen LogP contribution in [0.2, 0.25) is 0 Å². The number of hydrogen-bond donors (Lipinski definition) is 0. The summed E-state index contributed by atoms with van der Waals surface area (Å²) in [5, 5.41) is 0. The number of halogens is 1. The summed E-state index contributed by atoms with van der Waals surface area (Å²) >= 11 is 3.64. The van der Waals surface area contributed by atoms with E-state index in [0.717, 1.165) is 69.4 Å². The molecule has 42 heavy (non-hydrogen) atoms. The number of carbonyl (C=O) groups is 2. The van der Waals surface area contributed by atoms with E-state index in [1.54, 1.807) is 7.11 Å². The van der Waals surface area contributed by atoms with Crippen molar-refractivity contribution in [2.45, 2.75) is 57.7 Å². The molecule has 7 heteroatoms. The lowest BCUT2D eigenvalue weighted by Gasteiger charge is -2.42.